The zero-order valence-corrected chi connectivity index (χ0v) is 13.3. The van der Waals surface area contributed by atoms with E-state index in [2.05, 4.69) is 4.98 Å². The molecule has 1 fully saturated rings. The van der Waals surface area contributed by atoms with Crippen molar-refractivity contribution in [1.29, 1.82) is 0 Å². The van der Waals surface area contributed by atoms with Crippen molar-refractivity contribution >= 4 is 17.5 Å². The first-order chi connectivity index (χ1) is 12.4. The van der Waals surface area contributed by atoms with Gasteiger partial charge in [-0.2, -0.15) is 4.98 Å². The average molecular weight is 362 g/mol. The summed E-state index contributed by atoms with van der Waals surface area (Å²) in [5.41, 5.74) is 4.87. The molecule has 1 aliphatic rings. The molecule has 0 spiro atoms. The van der Waals surface area contributed by atoms with Crippen molar-refractivity contribution in [3.05, 3.63) is 62.7 Å². The first-order valence-electron chi connectivity index (χ1n) is 7.47. The molecule has 136 valence electrons. The second-order valence-corrected chi connectivity index (χ2v) is 5.30. The van der Waals surface area contributed by atoms with Crippen molar-refractivity contribution in [2.45, 2.75) is 12.5 Å². The summed E-state index contributed by atoms with van der Waals surface area (Å²) >= 11 is 0. The van der Waals surface area contributed by atoms with Crippen LogP contribution < -0.4 is 11.4 Å². The number of aromatic nitrogens is 2. The summed E-state index contributed by atoms with van der Waals surface area (Å²) in [5, 5.41) is 10.6. The number of nitro benzene ring substituents is 1. The smallest absolute Gasteiger partial charge is 0.351 e. The van der Waals surface area contributed by atoms with Gasteiger partial charge in [0.1, 0.15) is 12.4 Å². The third-order valence-electron chi connectivity index (χ3n) is 3.56. The van der Waals surface area contributed by atoms with Crippen LogP contribution in [0.2, 0.25) is 0 Å². The molecule has 1 aromatic carbocycles. The third kappa shape index (κ3) is 3.84. The number of carbonyl (C=O) groups is 1. The molecule has 2 atom stereocenters. The SMILES string of the molecule is Nc1ccn(C2CO[C@H](COC(=O)c3ccc([N+](=O)[O-])cc3)O2)c(=O)n1. The number of ether oxygens (including phenoxy) is 3. The Morgan fingerprint density at radius 3 is 2.77 bits per heavy atom. The van der Waals surface area contributed by atoms with Crippen molar-refractivity contribution in [3.8, 4) is 0 Å². The zero-order valence-electron chi connectivity index (χ0n) is 13.3. The lowest BCUT2D eigenvalue weighted by atomic mass is 10.2. The highest BCUT2D eigenvalue weighted by molar-refractivity contribution is 5.89. The summed E-state index contributed by atoms with van der Waals surface area (Å²) < 4.78 is 17.1. The number of hydrogen-bond acceptors (Lipinski definition) is 9. The highest BCUT2D eigenvalue weighted by Crippen LogP contribution is 2.20. The van der Waals surface area contributed by atoms with E-state index in [0.29, 0.717) is 0 Å². The maximum absolute atomic E-state index is 11.9. The molecule has 0 radical (unpaired) electrons. The van der Waals surface area contributed by atoms with E-state index in [4.69, 9.17) is 19.9 Å². The Morgan fingerprint density at radius 1 is 1.38 bits per heavy atom. The van der Waals surface area contributed by atoms with Crippen LogP contribution in [0.3, 0.4) is 0 Å². The summed E-state index contributed by atoms with van der Waals surface area (Å²) in [6, 6.07) is 6.44. The molecule has 1 aromatic heterocycles. The number of esters is 1. The fourth-order valence-corrected chi connectivity index (χ4v) is 2.27. The Morgan fingerprint density at radius 2 is 2.12 bits per heavy atom. The van der Waals surface area contributed by atoms with Crippen molar-refractivity contribution in [2.24, 2.45) is 0 Å². The Bertz CT molecular complexity index is 880. The monoisotopic (exact) mass is 362 g/mol. The topological polar surface area (TPSA) is 149 Å². The minimum absolute atomic E-state index is 0.0747. The number of carbonyl (C=O) groups excluding carboxylic acids is 1. The maximum atomic E-state index is 11.9. The van der Waals surface area contributed by atoms with Crippen LogP contribution in [0, 0.1) is 10.1 Å². The van der Waals surface area contributed by atoms with E-state index < -0.39 is 29.1 Å². The maximum Gasteiger partial charge on any atom is 0.351 e. The molecule has 11 nitrogen and oxygen atoms in total. The molecule has 2 heterocycles. The summed E-state index contributed by atoms with van der Waals surface area (Å²) in [5.74, 6) is -0.583. The van der Waals surface area contributed by atoms with Gasteiger partial charge in [-0.1, -0.05) is 0 Å². The predicted molar refractivity (Wildman–Crippen MR) is 86.2 cm³/mol. The minimum Gasteiger partial charge on any atom is -0.457 e. The van der Waals surface area contributed by atoms with Crippen molar-refractivity contribution in [3.63, 3.8) is 0 Å². The van der Waals surface area contributed by atoms with Gasteiger partial charge in [0.2, 0.25) is 0 Å². The van der Waals surface area contributed by atoms with Gasteiger partial charge in [-0.25, -0.2) is 9.59 Å². The third-order valence-corrected chi connectivity index (χ3v) is 3.56. The molecule has 1 aliphatic heterocycles. The highest BCUT2D eigenvalue weighted by Gasteiger charge is 2.29. The number of anilines is 1. The standard InChI is InChI=1S/C15H14N4O7/c16-11-5-6-18(15(21)17-11)12-7-24-13(26-12)8-25-14(20)9-1-3-10(4-2-9)19(22)23/h1-6,12-13H,7-8H2,(H2,16,17,21)/t12?,13-/m0/s1. The minimum atomic E-state index is -0.855. The van der Waals surface area contributed by atoms with Crippen LogP contribution in [0.1, 0.15) is 16.6 Å². The first-order valence-corrected chi connectivity index (χ1v) is 7.47. The molecular formula is C15H14N4O7. The lowest BCUT2D eigenvalue weighted by Gasteiger charge is -2.13. The van der Waals surface area contributed by atoms with Gasteiger partial charge >= 0.3 is 11.7 Å². The van der Waals surface area contributed by atoms with Gasteiger partial charge in [0, 0.05) is 18.3 Å². The molecule has 3 rings (SSSR count). The van der Waals surface area contributed by atoms with Gasteiger partial charge in [0.25, 0.3) is 5.69 Å². The van der Waals surface area contributed by atoms with Gasteiger partial charge in [-0.05, 0) is 18.2 Å². The average Bonchev–Trinajstić information content (AvgIpc) is 3.08. The molecule has 26 heavy (non-hydrogen) atoms. The van der Waals surface area contributed by atoms with Crippen LogP contribution in [-0.4, -0.2) is 39.9 Å². The van der Waals surface area contributed by atoms with Crippen LogP contribution in [0.4, 0.5) is 11.5 Å². The molecular weight excluding hydrogens is 348 g/mol. The van der Waals surface area contributed by atoms with Gasteiger partial charge in [0.05, 0.1) is 17.1 Å². The fourth-order valence-electron chi connectivity index (χ4n) is 2.27. The summed E-state index contributed by atoms with van der Waals surface area (Å²) in [6.07, 6.45) is -0.130. The van der Waals surface area contributed by atoms with Gasteiger partial charge in [-0.3, -0.25) is 14.7 Å². The largest absolute Gasteiger partial charge is 0.457 e. The van der Waals surface area contributed by atoms with Crippen molar-refractivity contribution in [2.75, 3.05) is 18.9 Å². The lowest BCUT2D eigenvalue weighted by Crippen LogP contribution is -2.29. The number of nitrogens with zero attached hydrogens (tertiary/aromatic N) is 3. The number of non-ortho nitro benzene ring substituents is 1. The Labute approximate surface area is 146 Å². The number of nitrogens with two attached hydrogens (primary N) is 1. The Kier molecular flexibility index (Phi) is 4.91. The van der Waals surface area contributed by atoms with E-state index in [1.54, 1.807) is 0 Å². The van der Waals surface area contributed by atoms with Crippen molar-refractivity contribution < 1.29 is 23.9 Å². The molecule has 0 amide bonds. The highest BCUT2D eigenvalue weighted by atomic mass is 16.7. The molecule has 1 saturated heterocycles. The lowest BCUT2D eigenvalue weighted by molar-refractivity contribution is -0.384. The van der Waals surface area contributed by atoms with Gasteiger partial charge in [0.15, 0.2) is 12.5 Å². The molecule has 0 aliphatic carbocycles. The molecule has 11 heteroatoms. The number of nitro groups is 1. The quantitative estimate of drug-likeness (QED) is 0.455. The summed E-state index contributed by atoms with van der Waals surface area (Å²) in [7, 11) is 0. The normalized spacial score (nSPS) is 19.2. The molecule has 0 bridgehead atoms. The summed E-state index contributed by atoms with van der Waals surface area (Å²) in [4.78, 5) is 37.3. The molecule has 2 aromatic rings. The van der Waals surface area contributed by atoms with Gasteiger partial charge in [-0.15, -0.1) is 0 Å². The van der Waals surface area contributed by atoms with E-state index in [-0.39, 0.29) is 30.3 Å². The molecule has 2 N–H and O–H groups in total. The van der Waals surface area contributed by atoms with E-state index in [9.17, 15) is 19.7 Å². The molecule has 1 unspecified atom stereocenters. The number of rotatable bonds is 5. The number of nitrogen functional groups attached to an aromatic ring is 1. The second kappa shape index (κ2) is 7.29. The molecule has 0 saturated carbocycles. The second-order valence-electron chi connectivity index (χ2n) is 5.30. The fraction of sp³-hybridized carbons (Fsp3) is 0.267. The van der Waals surface area contributed by atoms with Crippen LogP contribution >= 0.6 is 0 Å². The van der Waals surface area contributed by atoms with E-state index >= 15 is 0 Å². The van der Waals surface area contributed by atoms with Crippen molar-refractivity contribution in [1.82, 2.24) is 9.55 Å². The first kappa shape index (κ1) is 17.5. The summed E-state index contributed by atoms with van der Waals surface area (Å²) in [6.45, 7) is -0.130. The number of benzene rings is 1. The van der Waals surface area contributed by atoms with Crippen LogP contribution in [0.15, 0.2) is 41.3 Å². The Hall–Kier alpha value is -3.31. The van der Waals surface area contributed by atoms with E-state index in [1.807, 2.05) is 0 Å². The predicted octanol–water partition coefficient (Wildman–Crippen LogP) is 0.462. The number of hydrogen-bond donors (Lipinski definition) is 1. The van der Waals surface area contributed by atoms with Crippen LogP contribution in [0.5, 0.6) is 0 Å². The van der Waals surface area contributed by atoms with Gasteiger partial charge < -0.3 is 19.9 Å². The van der Waals surface area contributed by atoms with E-state index in [0.717, 1.165) is 0 Å². The van der Waals surface area contributed by atoms with Crippen LogP contribution in [-0.2, 0) is 14.2 Å². The van der Waals surface area contributed by atoms with Crippen LogP contribution in [0.25, 0.3) is 0 Å². The Balaban J connectivity index is 1.55. The van der Waals surface area contributed by atoms with E-state index in [1.165, 1.54) is 41.1 Å². The zero-order chi connectivity index (χ0) is 18.7.